The highest BCUT2D eigenvalue weighted by atomic mass is 79.9. The van der Waals surface area contributed by atoms with Crippen LogP contribution in [0, 0.1) is 13.8 Å². The van der Waals surface area contributed by atoms with E-state index in [1.165, 1.54) is 6.07 Å². The Morgan fingerprint density at radius 3 is 2.59 bits per heavy atom. The maximum Gasteiger partial charge on any atom is 0.271 e. The number of halogens is 1. The maximum absolute atomic E-state index is 12.0. The molecule has 0 fully saturated rings. The van der Waals surface area contributed by atoms with E-state index in [4.69, 9.17) is 4.52 Å². The molecule has 0 aliphatic carbocycles. The second-order valence-electron chi connectivity index (χ2n) is 3.36. The molecule has 1 N–H and O–H groups in total. The Kier molecular flexibility index (Phi) is 3.28. The van der Waals surface area contributed by atoms with Crippen molar-refractivity contribution in [3.63, 3.8) is 0 Å². The summed E-state index contributed by atoms with van der Waals surface area (Å²) in [5.41, 5.74) is 0.913. The normalized spacial score (nSPS) is 11.7. The Morgan fingerprint density at radius 2 is 2.12 bits per heavy atom. The molecular weight excluding hydrogens is 328 g/mol. The van der Waals surface area contributed by atoms with Crippen LogP contribution < -0.4 is 4.72 Å². The van der Waals surface area contributed by atoms with Crippen LogP contribution in [0.3, 0.4) is 0 Å². The zero-order valence-electron chi connectivity index (χ0n) is 9.02. The van der Waals surface area contributed by atoms with Gasteiger partial charge in [-0.3, -0.25) is 4.72 Å². The number of sulfonamides is 1. The zero-order chi connectivity index (χ0) is 12.6. The molecule has 0 amide bonds. The quantitative estimate of drug-likeness (QED) is 0.935. The van der Waals surface area contributed by atoms with Gasteiger partial charge in [0, 0.05) is 0 Å². The Balaban J connectivity index is 2.36. The van der Waals surface area contributed by atoms with Crippen molar-refractivity contribution < 1.29 is 12.9 Å². The highest BCUT2D eigenvalue weighted by Gasteiger charge is 2.20. The summed E-state index contributed by atoms with van der Waals surface area (Å²) in [5.74, 6) is 0.446. The van der Waals surface area contributed by atoms with Crippen molar-refractivity contribution in [1.29, 1.82) is 0 Å². The molecule has 5 nitrogen and oxygen atoms in total. The number of rotatable bonds is 3. The van der Waals surface area contributed by atoms with E-state index in [2.05, 4.69) is 25.8 Å². The van der Waals surface area contributed by atoms with E-state index in [1.54, 1.807) is 19.9 Å². The van der Waals surface area contributed by atoms with Crippen molar-refractivity contribution >= 4 is 43.0 Å². The number of thiophene rings is 1. The van der Waals surface area contributed by atoms with E-state index in [0.29, 0.717) is 17.1 Å². The van der Waals surface area contributed by atoms with Crippen LogP contribution in [0.2, 0.25) is 0 Å². The fourth-order valence-electron chi connectivity index (χ4n) is 1.26. The Hall–Kier alpha value is -0.860. The standard InChI is InChI=1S/C9H9BrN2O3S2/c1-5-9(6(2)15-11-5)12-17(13,14)8-4-3-7(10)16-8/h3-4,12H,1-2H3. The van der Waals surface area contributed by atoms with E-state index in [9.17, 15) is 8.42 Å². The molecule has 0 saturated carbocycles. The molecule has 2 rings (SSSR count). The highest BCUT2D eigenvalue weighted by Crippen LogP contribution is 2.29. The van der Waals surface area contributed by atoms with Gasteiger partial charge >= 0.3 is 0 Å². The van der Waals surface area contributed by atoms with Gasteiger partial charge in [0.15, 0.2) is 5.76 Å². The summed E-state index contributed by atoms with van der Waals surface area (Å²) in [5, 5.41) is 3.69. The van der Waals surface area contributed by atoms with E-state index in [-0.39, 0.29) is 4.21 Å². The average molecular weight is 337 g/mol. The summed E-state index contributed by atoms with van der Waals surface area (Å²) in [6.07, 6.45) is 0. The summed E-state index contributed by atoms with van der Waals surface area (Å²) in [7, 11) is -3.57. The highest BCUT2D eigenvalue weighted by molar-refractivity contribution is 9.11. The van der Waals surface area contributed by atoms with E-state index < -0.39 is 10.0 Å². The van der Waals surface area contributed by atoms with Gasteiger partial charge in [0.25, 0.3) is 10.0 Å². The number of aromatic nitrogens is 1. The minimum Gasteiger partial charge on any atom is -0.359 e. The van der Waals surface area contributed by atoms with Crippen LogP contribution in [0.5, 0.6) is 0 Å². The largest absolute Gasteiger partial charge is 0.359 e. The van der Waals surface area contributed by atoms with Gasteiger partial charge in [-0.2, -0.15) is 0 Å². The van der Waals surface area contributed by atoms with Gasteiger partial charge in [0.1, 0.15) is 15.6 Å². The van der Waals surface area contributed by atoms with Gasteiger partial charge in [0.2, 0.25) is 0 Å². The maximum atomic E-state index is 12.0. The van der Waals surface area contributed by atoms with Crippen LogP contribution in [0.15, 0.2) is 24.7 Å². The summed E-state index contributed by atoms with van der Waals surface area (Å²) < 4.78 is 32.4. The first-order valence-electron chi connectivity index (χ1n) is 4.61. The third-order valence-corrected chi connectivity index (χ3v) is 5.55. The van der Waals surface area contributed by atoms with Gasteiger partial charge < -0.3 is 4.52 Å². The molecule has 0 aliphatic rings. The minimum atomic E-state index is -3.57. The topological polar surface area (TPSA) is 72.2 Å². The second-order valence-corrected chi connectivity index (χ2v) is 7.74. The molecule has 2 aromatic heterocycles. The predicted molar refractivity (Wildman–Crippen MR) is 68.8 cm³/mol. The van der Waals surface area contributed by atoms with Crippen molar-refractivity contribution in [3.05, 3.63) is 27.4 Å². The van der Waals surface area contributed by atoms with Crippen molar-refractivity contribution in [2.75, 3.05) is 4.72 Å². The lowest BCUT2D eigenvalue weighted by Crippen LogP contribution is -2.12. The molecule has 8 heteroatoms. The third-order valence-electron chi connectivity index (χ3n) is 2.08. The molecule has 92 valence electrons. The molecule has 0 unspecified atom stereocenters. The summed E-state index contributed by atoms with van der Waals surface area (Å²) in [4.78, 5) is 0. The molecule has 0 spiro atoms. The predicted octanol–water partition coefficient (Wildman–Crippen LogP) is 2.92. The lowest BCUT2D eigenvalue weighted by atomic mass is 10.3. The Labute approximate surface area is 111 Å². The molecule has 17 heavy (non-hydrogen) atoms. The number of nitrogens with one attached hydrogen (secondary N) is 1. The van der Waals surface area contributed by atoms with Crippen molar-refractivity contribution in [2.24, 2.45) is 0 Å². The molecule has 0 radical (unpaired) electrons. The number of aryl methyl sites for hydroxylation is 2. The average Bonchev–Trinajstić information content (AvgIpc) is 2.80. The number of hydrogen-bond acceptors (Lipinski definition) is 5. The van der Waals surface area contributed by atoms with Crippen molar-refractivity contribution in [3.8, 4) is 0 Å². The summed E-state index contributed by atoms with van der Waals surface area (Å²) in [6.45, 7) is 3.33. The first kappa shape index (κ1) is 12.6. The number of hydrogen-bond donors (Lipinski definition) is 1. The fourth-order valence-corrected chi connectivity index (χ4v) is 4.44. The van der Waals surface area contributed by atoms with Crippen LogP contribution in [-0.2, 0) is 10.0 Å². The lowest BCUT2D eigenvalue weighted by molar-refractivity contribution is 0.393. The first-order valence-corrected chi connectivity index (χ1v) is 7.70. The minimum absolute atomic E-state index is 0.240. The van der Waals surface area contributed by atoms with Gasteiger partial charge in [0.05, 0.1) is 3.79 Å². The number of anilines is 1. The third kappa shape index (κ3) is 2.53. The van der Waals surface area contributed by atoms with Crippen molar-refractivity contribution in [2.45, 2.75) is 18.1 Å². The second kappa shape index (κ2) is 4.43. The SMILES string of the molecule is Cc1noc(C)c1NS(=O)(=O)c1ccc(Br)s1. The van der Waals surface area contributed by atoms with Crippen LogP contribution in [-0.4, -0.2) is 13.6 Å². The van der Waals surface area contributed by atoms with E-state index >= 15 is 0 Å². The number of nitrogens with zero attached hydrogens (tertiary/aromatic N) is 1. The summed E-state index contributed by atoms with van der Waals surface area (Å²) >= 11 is 4.37. The smallest absolute Gasteiger partial charge is 0.271 e. The van der Waals surface area contributed by atoms with Crippen LogP contribution in [0.4, 0.5) is 5.69 Å². The Bertz CT molecular complexity index is 626. The van der Waals surface area contributed by atoms with Crippen molar-refractivity contribution in [1.82, 2.24) is 5.16 Å². The van der Waals surface area contributed by atoms with Gasteiger partial charge in [-0.1, -0.05) is 5.16 Å². The molecule has 2 heterocycles. The van der Waals surface area contributed by atoms with E-state index in [0.717, 1.165) is 15.1 Å². The van der Waals surface area contributed by atoms with Gasteiger partial charge in [-0.05, 0) is 41.9 Å². The first-order chi connectivity index (χ1) is 7.90. The van der Waals surface area contributed by atoms with Crippen LogP contribution >= 0.6 is 27.3 Å². The fraction of sp³-hybridized carbons (Fsp3) is 0.222. The molecular formula is C9H9BrN2O3S2. The monoisotopic (exact) mass is 336 g/mol. The molecule has 0 atom stereocenters. The lowest BCUT2D eigenvalue weighted by Gasteiger charge is -2.04. The summed E-state index contributed by atoms with van der Waals surface area (Å²) in [6, 6.07) is 3.22. The molecule has 0 aromatic carbocycles. The molecule has 0 bridgehead atoms. The zero-order valence-corrected chi connectivity index (χ0v) is 12.2. The van der Waals surface area contributed by atoms with Gasteiger partial charge in [-0.25, -0.2) is 8.42 Å². The van der Waals surface area contributed by atoms with Gasteiger partial charge in [-0.15, -0.1) is 11.3 Å². The molecule has 0 aliphatic heterocycles. The van der Waals surface area contributed by atoms with E-state index in [1.807, 2.05) is 0 Å². The Morgan fingerprint density at radius 1 is 1.41 bits per heavy atom. The molecule has 0 saturated heterocycles. The van der Waals surface area contributed by atoms with Crippen LogP contribution in [0.1, 0.15) is 11.5 Å². The molecule has 2 aromatic rings. The van der Waals surface area contributed by atoms with Crippen LogP contribution in [0.25, 0.3) is 0 Å².